The summed E-state index contributed by atoms with van der Waals surface area (Å²) in [6.45, 7) is 4.62. The van der Waals surface area contributed by atoms with Crippen LogP contribution in [-0.2, 0) is 11.2 Å². The van der Waals surface area contributed by atoms with Gasteiger partial charge in [0.25, 0.3) is 0 Å². The highest BCUT2D eigenvalue weighted by molar-refractivity contribution is 6.00. The molecule has 1 amide bonds. The van der Waals surface area contributed by atoms with Gasteiger partial charge in [-0.3, -0.25) is 4.79 Å². The van der Waals surface area contributed by atoms with E-state index in [1.807, 2.05) is 36.9 Å². The van der Waals surface area contributed by atoms with Gasteiger partial charge >= 0.3 is 0 Å². The van der Waals surface area contributed by atoms with E-state index in [0.29, 0.717) is 6.42 Å². The summed E-state index contributed by atoms with van der Waals surface area (Å²) in [7, 11) is 1.66. The maximum Gasteiger partial charge on any atom is 0.246 e. The van der Waals surface area contributed by atoms with Crippen LogP contribution in [0.25, 0.3) is 0 Å². The molecule has 2 N–H and O–H groups in total. The van der Waals surface area contributed by atoms with Gasteiger partial charge < -0.3 is 15.4 Å². The average molecular weight is 276 g/mol. The molecule has 0 fully saturated rings. The first-order valence-corrected chi connectivity index (χ1v) is 7.27. The van der Waals surface area contributed by atoms with E-state index in [1.165, 1.54) is 0 Å². The Morgan fingerprint density at radius 1 is 1.50 bits per heavy atom. The summed E-state index contributed by atoms with van der Waals surface area (Å²) in [5.74, 6) is 0.854. The number of carbonyl (C=O) groups excluding carboxylic acids is 1. The van der Waals surface area contributed by atoms with Crippen LogP contribution in [-0.4, -0.2) is 25.1 Å². The first-order valence-electron chi connectivity index (χ1n) is 7.27. The third kappa shape index (κ3) is 2.80. The number of anilines is 1. The van der Waals surface area contributed by atoms with Crippen molar-refractivity contribution in [2.24, 2.45) is 5.73 Å². The van der Waals surface area contributed by atoms with Gasteiger partial charge in [-0.15, -0.1) is 0 Å². The SMILES string of the molecule is CCCC(C)(N)C(=O)N1CCCc2cc(OC)ccc21. The van der Waals surface area contributed by atoms with Gasteiger partial charge in [0.15, 0.2) is 0 Å². The van der Waals surface area contributed by atoms with Gasteiger partial charge in [0.1, 0.15) is 5.75 Å². The lowest BCUT2D eigenvalue weighted by molar-refractivity contribution is -0.123. The summed E-state index contributed by atoms with van der Waals surface area (Å²) in [4.78, 5) is 14.5. The first kappa shape index (κ1) is 14.9. The first-order chi connectivity index (χ1) is 9.49. The molecule has 0 radical (unpaired) electrons. The minimum Gasteiger partial charge on any atom is -0.497 e. The molecular formula is C16H24N2O2. The largest absolute Gasteiger partial charge is 0.497 e. The molecule has 0 bridgehead atoms. The van der Waals surface area contributed by atoms with Gasteiger partial charge in [-0.1, -0.05) is 13.3 Å². The highest BCUT2D eigenvalue weighted by Gasteiger charge is 2.34. The molecule has 0 aromatic heterocycles. The van der Waals surface area contributed by atoms with Crippen molar-refractivity contribution < 1.29 is 9.53 Å². The van der Waals surface area contributed by atoms with E-state index >= 15 is 0 Å². The van der Waals surface area contributed by atoms with Crippen LogP contribution in [0, 0.1) is 0 Å². The van der Waals surface area contributed by atoms with Gasteiger partial charge in [-0.2, -0.15) is 0 Å². The standard InChI is InChI=1S/C16H24N2O2/c1-4-9-16(2,17)15(19)18-10-5-6-12-11-13(20-3)7-8-14(12)18/h7-8,11H,4-6,9-10,17H2,1-3H3. The van der Waals surface area contributed by atoms with Gasteiger partial charge in [0, 0.05) is 12.2 Å². The fourth-order valence-corrected chi connectivity index (χ4v) is 2.85. The molecular weight excluding hydrogens is 252 g/mol. The number of nitrogens with zero attached hydrogens (tertiary/aromatic N) is 1. The van der Waals surface area contributed by atoms with E-state index in [1.54, 1.807) is 7.11 Å². The Labute approximate surface area is 120 Å². The molecule has 20 heavy (non-hydrogen) atoms. The molecule has 1 aromatic rings. The lowest BCUT2D eigenvalue weighted by Gasteiger charge is -2.35. The summed E-state index contributed by atoms with van der Waals surface area (Å²) in [6.07, 6.45) is 3.55. The molecule has 1 unspecified atom stereocenters. The van der Waals surface area contributed by atoms with Crippen molar-refractivity contribution in [2.45, 2.75) is 45.1 Å². The lowest BCUT2D eigenvalue weighted by atomic mass is 9.93. The van der Waals surface area contributed by atoms with Crippen molar-refractivity contribution in [1.82, 2.24) is 0 Å². The van der Waals surface area contributed by atoms with Crippen molar-refractivity contribution in [1.29, 1.82) is 0 Å². The number of carbonyl (C=O) groups is 1. The number of amides is 1. The van der Waals surface area contributed by atoms with E-state index in [2.05, 4.69) is 0 Å². The summed E-state index contributed by atoms with van der Waals surface area (Å²) in [5, 5.41) is 0. The molecule has 1 aliphatic rings. The summed E-state index contributed by atoms with van der Waals surface area (Å²) in [5.41, 5.74) is 7.56. The summed E-state index contributed by atoms with van der Waals surface area (Å²) < 4.78 is 5.25. The third-order valence-electron chi connectivity index (χ3n) is 3.91. The number of nitrogens with two attached hydrogens (primary N) is 1. The second-order valence-corrected chi connectivity index (χ2v) is 5.72. The molecule has 1 aromatic carbocycles. The number of aryl methyl sites for hydroxylation is 1. The van der Waals surface area contributed by atoms with Crippen LogP contribution in [0.1, 0.15) is 38.7 Å². The fraction of sp³-hybridized carbons (Fsp3) is 0.562. The van der Waals surface area contributed by atoms with E-state index in [9.17, 15) is 4.79 Å². The minimum atomic E-state index is -0.788. The van der Waals surface area contributed by atoms with Crippen LogP contribution in [0.3, 0.4) is 0 Å². The quantitative estimate of drug-likeness (QED) is 0.919. The molecule has 1 heterocycles. The van der Waals surface area contributed by atoms with Crippen molar-refractivity contribution >= 4 is 11.6 Å². The predicted octanol–water partition coefficient (Wildman–Crippen LogP) is 2.49. The Bertz CT molecular complexity index is 497. The number of hydrogen-bond acceptors (Lipinski definition) is 3. The maximum atomic E-state index is 12.7. The van der Waals surface area contributed by atoms with E-state index in [-0.39, 0.29) is 5.91 Å². The van der Waals surface area contributed by atoms with Gasteiger partial charge in [0.05, 0.1) is 12.6 Å². The van der Waals surface area contributed by atoms with Gasteiger partial charge in [-0.25, -0.2) is 0 Å². The zero-order chi connectivity index (χ0) is 14.8. The monoisotopic (exact) mass is 276 g/mol. The Hall–Kier alpha value is -1.55. The van der Waals surface area contributed by atoms with Crippen LogP contribution < -0.4 is 15.4 Å². The lowest BCUT2D eigenvalue weighted by Crippen LogP contribution is -2.54. The molecule has 4 heteroatoms. The molecule has 0 aliphatic carbocycles. The predicted molar refractivity (Wildman–Crippen MR) is 81.2 cm³/mol. The molecule has 0 spiro atoms. The van der Waals surface area contributed by atoms with Crippen molar-refractivity contribution in [3.05, 3.63) is 23.8 Å². The van der Waals surface area contributed by atoms with Crippen molar-refractivity contribution in [3.8, 4) is 5.75 Å². The highest BCUT2D eigenvalue weighted by Crippen LogP contribution is 2.32. The van der Waals surface area contributed by atoms with Gasteiger partial charge in [-0.05, 0) is 49.9 Å². The molecule has 4 nitrogen and oxygen atoms in total. The molecule has 0 saturated carbocycles. The molecule has 0 saturated heterocycles. The number of fused-ring (bicyclic) bond motifs is 1. The molecule has 110 valence electrons. The number of methoxy groups -OCH3 is 1. The number of ether oxygens (including phenoxy) is 1. The number of hydrogen-bond donors (Lipinski definition) is 1. The smallest absolute Gasteiger partial charge is 0.246 e. The minimum absolute atomic E-state index is 0.0190. The van der Waals surface area contributed by atoms with Crippen LogP contribution in [0.4, 0.5) is 5.69 Å². The summed E-state index contributed by atoms with van der Waals surface area (Å²) >= 11 is 0. The van der Waals surface area contributed by atoms with Crippen molar-refractivity contribution in [2.75, 3.05) is 18.6 Å². The third-order valence-corrected chi connectivity index (χ3v) is 3.91. The second-order valence-electron chi connectivity index (χ2n) is 5.72. The Kier molecular flexibility index (Phi) is 4.33. The van der Waals surface area contributed by atoms with E-state index in [4.69, 9.17) is 10.5 Å². The van der Waals surface area contributed by atoms with E-state index < -0.39 is 5.54 Å². The maximum absolute atomic E-state index is 12.7. The van der Waals surface area contributed by atoms with Crippen LogP contribution >= 0.6 is 0 Å². The number of benzene rings is 1. The Morgan fingerprint density at radius 3 is 2.90 bits per heavy atom. The molecule has 1 atom stereocenters. The normalized spacial score (nSPS) is 17.3. The molecule has 2 rings (SSSR count). The highest BCUT2D eigenvalue weighted by atomic mass is 16.5. The average Bonchev–Trinajstić information content (AvgIpc) is 2.45. The zero-order valence-corrected chi connectivity index (χ0v) is 12.6. The summed E-state index contributed by atoms with van der Waals surface area (Å²) in [6, 6.07) is 5.88. The van der Waals surface area contributed by atoms with Crippen LogP contribution in [0.2, 0.25) is 0 Å². The van der Waals surface area contributed by atoms with Gasteiger partial charge in [0.2, 0.25) is 5.91 Å². The van der Waals surface area contributed by atoms with Crippen LogP contribution in [0.15, 0.2) is 18.2 Å². The fourth-order valence-electron chi connectivity index (χ4n) is 2.85. The second kappa shape index (κ2) is 5.83. The zero-order valence-electron chi connectivity index (χ0n) is 12.6. The Morgan fingerprint density at radius 2 is 2.25 bits per heavy atom. The van der Waals surface area contributed by atoms with E-state index in [0.717, 1.165) is 42.8 Å². The van der Waals surface area contributed by atoms with Crippen molar-refractivity contribution in [3.63, 3.8) is 0 Å². The molecule has 1 aliphatic heterocycles. The van der Waals surface area contributed by atoms with Crippen LogP contribution in [0.5, 0.6) is 5.75 Å². The number of rotatable bonds is 4. The Balaban J connectivity index is 2.30. The topological polar surface area (TPSA) is 55.6 Å².